The van der Waals surface area contributed by atoms with Crippen LogP contribution in [0.4, 0.5) is 5.69 Å². The van der Waals surface area contributed by atoms with E-state index in [1.807, 2.05) is 17.8 Å². The Morgan fingerprint density at radius 1 is 1.50 bits per heavy atom. The molecule has 1 saturated heterocycles. The van der Waals surface area contributed by atoms with Crippen molar-refractivity contribution in [2.45, 2.75) is 19.4 Å². The molecule has 0 bridgehead atoms. The highest BCUT2D eigenvalue weighted by Crippen LogP contribution is 2.27. The second-order valence-electron chi connectivity index (χ2n) is 3.69. The van der Waals surface area contributed by atoms with Crippen LogP contribution in [-0.4, -0.2) is 17.5 Å². The second kappa shape index (κ2) is 4.45. The highest BCUT2D eigenvalue weighted by Gasteiger charge is 2.15. The van der Waals surface area contributed by atoms with Crippen molar-refractivity contribution >= 4 is 29.1 Å². The van der Waals surface area contributed by atoms with Gasteiger partial charge in [-0.15, -0.1) is 0 Å². The molecule has 1 nitrogen and oxygen atoms in total. The SMILES string of the molecule is Cc1ccc(NC2CCSC2)c(Cl)c1. The van der Waals surface area contributed by atoms with E-state index in [1.54, 1.807) is 0 Å². The van der Waals surface area contributed by atoms with Gasteiger partial charge in [0, 0.05) is 11.8 Å². The van der Waals surface area contributed by atoms with Gasteiger partial charge in [0.25, 0.3) is 0 Å². The Morgan fingerprint density at radius 2 is 2.36 bits per heavy atom. The van der Waals surface area contributed by atoms with E-state index in [-0.39, 0.29) is 0 Å². The molecule has 0 spiro atoms. The smallest absolute Gasteiger partial charge is 0.0640 e. The fourth-order valence-corrected chi connectivity index (χ4v) is 3.05. The van der Waals surface area contributed by atoms with Gasteiger partial charge >= 0.3 is 0 Å². The van der Waals surface area contributed by atoms with E-state index in [2.05, 4.69) is 24.4 Å². The van der Waals surface area contributed by atoms with E-state index < -0.39 is 0 Å². The molecule has 0 radical (unpaired) electrons. The molecule has 1 aromatic carbocycles. The summed E-state index contributed by atoms with van der Waals surface area (Å²) in [6.07, 6.45) is 1.24. The van der Waals surface area contributed by atoms with E-state index in [9.17, 15) is 0 Å². The van der Waals surface area contributed by atoms with Crippen molar-refractivity contribution in [2.75, 3.05) is 16.8 Å². The Kier molecular flexibility index (Phi) is 3.24. The summed E-state index contributed by atoms with van der Waals surface area (Å²) >= 11 is 8.14. The first-order valence-corrected chi connectivity index (χ1v) is 6.39. The van der Waals surface area contributed by atoms with E-state index in [1.165, 1.54) is 23.5 Å². The predicted octanol–water partition coefficient (Wildman–Crippen LogP) is 3.57. The minimum Gasteiger partial charge on any atom is -0.380 e. The van der Waals surface area contributed by atoms with Gasteiger partial charge in [0.2, 0.25) is 0 Å². The van der Waals surface area contributed by atoms with E-state index in [0.29, 0.717) is 6.04 Å². The van der Waals surface area contributed by atoms with Gasteiger partial charge in [0.15, 0.2) is 0 Å². The minimum absolute atomic E-state index is 0.597. The van der Waals surface area contributed by atoms with Crippen LogP contribution in [0, 0.1) is 6.92 Å². The van der Waals surface area contributed by atoms with Gasteiger partial charge in [-0.1, -0.05) is 17.7 Å². The highest BCUT2D eigenvalue weighted by molar-refractivity contribution is 7.99. The van der Waals surface area contributed by atoms with Crippen LogP contribution in [0.3, 0.4) is 0 Å². The fraction of sp³-hybridized carbons (Fsp3) is 0.455. The van der Waals surface area contributed by atoms with Crippen LogP contribution in [0.2, 0.25) is 5.02 Å². The number of thioether (sulfide) groups is 1. The minimum atomic E-state index is 0.597. The maximum Gasteiger partial charge on any atom is 0.0640 e. The largest absolute Gasteiger partial charge is 0.380 e. The van der Waals surface area contributed by atoms with Gasteiger partial charge in [-0.3, -0.25) is 0 Å². The first kappa shape index (κ1) is 10.2. The molecule has 1 unspecified atom stereocenters. The Labute approximate surface area is 94.2 Å². The first-order chi connectivity index (χ1) is 6.75. The molecule has 14 heavy (non-hydrogen) atoms. The molecule has 0 aromatic heterocycles. The Hall–Kier alpha value is -0.340. The lowest BCUT2D eigenvalue weighted by Crippen LogP contribution is -2.18. The van der Waals surface area contributed by atoms with Gasteiger partial charge in [0.05, 0.1) is 10.7 Å². The van der Waals surface area contributed by atoms with Crippen LogP contribution >= 0.6 is 23.4 Å². The normalized spacial score (nSPS) is 21.1. The molecule has 1 heterocycles. The molecule has 3 heteroatoms. The number of halogens is 1. The molecule has 0 amide bonds. The maximum absolute atomic E-state index is 6.14. The van der Waals surface area contributed by atoms with Crippen molar-refractivity contribution in [3.8, 4) is 0 Å². The van der Waals surface area contributed by atoms with Crippen LogP contribution in [0.15, 0.2) is 18.2 Å². The lowest BCUT2D eigenvalue weighted by molar-refractivity contribution is 0.813. The van der Waals surface area contributed by atoms with Crippen LogP contribution < -0.4 is 5.32 Å². The third kappa shape index (κ3) is 2.37. The zero-order valence-corrected chi connectivity index (χ0v) is 9.79. The molecule has 1 N–H and O–H groups in total. The number of nitrogens with one attached hydrogen (secondary N) is 1. The Bertz CT molecular complexity index is 321. The van der Waals surface area contributed by atoms with E-state index >= 15 is 0 Å². The van der Waals surface area contributed by atoms with Crippen molar-refractivity contribution in [1.29, 1.82) is 0 Å². The molecule has 1 aliphatic heterocycles. The van der Waals surface area contributed by atoms with Crippen LogP contribution in [0.1, 0.15) is 12.0 Å². The molecular formula is C11H14ClNS. The Morgan fingerprint density at radius 3 is 3.00 bits per heavy atom. The number of rotatable bonds is 2. The lowest BCUT2D eigenvalue weighted by atomic mass is 10.2. The third-order valence-corrected chi connectivity index (χ3v) is 3.89. The van der Waals surface area contributed by atoms with Crippen LogP contribution in [0.25, 0.3) is 0 Å². The van der Waals surface area contributed by atoms with Gasteiger partial charge in [0.1, 0.15) is 0 Å². The summed E-state index contributed by atoms with van der Waals surface area (Å²) in [6.45, 7) is 2.06. The lowest BCUT2D eigenvalue weighted by Gasteiger charge is -2.14. The third-order valence-electron chi connectivity index (χ3n) is 2.41. The standard InChI is InChI=1S/C11H14ClNS/c1-8-2-3-11(10(12)6-8)13-9-4-5-14-7-9/h2-3,6,9,13H,4-5,7H2,1H3. The van der Waals surface area contributed by atoms with Crippen molar-refractivity contribution < 1.29 is 0 Å². The average molecular weight is 228 g/mol. The quantitative estimate of drug-likeness (QED) is 0.829. The number of aryl methyl sites for hydroxylation is 1. The molecule has 0 saturated carbocycles. The zero-order valence-electron chi connectivity index (χ0n) is 8.22. The summed E-state index contributed by atoms with van der Waals surface area (Å²) < 4.78 is 0. The summed E-state index contributed by atoms with van der Waals surface area (Å²) in [6, 6.07) is 6.77. The number of hydrogen-bond acceptors (Lipinski definition) is 2. The molecular weight excluding hydrogens is 214 g/mol. The monoisotopic (exact) mass is 227 g/mol. The fourth-order valence-electron chi connectivity index (χ4n) is 1.61. The maximum atomic E-state index is 6.14. The van der Waals surface area contributed by atoms with Crippen molar-refractivity contribution in [3.63, 3.8) is 0 Å². The molecule has 76 valence electrons. The topological polar surface area (TPSA) is 12.0 Å². The van der Waals surface area contributed by atoms with Gasteiger partial charge in [-0.05, 0) is 36.8 Å². The van der Waals surface area contributed by atoms with E-state index in [4.69, 9.17) is 11.6 Å². The second-order valence-corrected chi connectivity index (χ2v) is 5.25. The molecule has 1 aliphatic rings. The number of hydrogen-bond donors (Lipinski definition) is 1. The van der Waals surface area contributed by atoms with Crippen molar-refractivity contribution in [2.24, 2.45) is 0 Å². The summed E-state index contributed by atoms with van der Waals surface area (Å²) in [5.41, 5.74) is 2.28. The molecule has 0 aliphatic carbocycles. The Balaban J connectivity index is 2.08. The van der Waals surface area contributed by atoms with Crippen LogP contribution in [0.5, 0.6) is 0 Å². The van der Waals surface area contributed by atoms with E-state index in [0.717, 1.165) is 10.7 Å². The molecule has 2 rings (SSSR count). The molecule has 1 aromatic rings. The van der Waals surface area contributed by atoms with Gasteiger partial charge in [-0.2, -0.15) is 11.8 Å². The average Bonchev–Trinajstić information content (AvgIpc) is 2.62. The summed E-state index contributed by atoms with van der Waals surface area (Å²) in [5, 5.41) is 4.32. The molecule has 1 fully saturated rings. The van der Waals surface area contributed by atoms with Crippen LogP contribution in [-0.2, 0) is 0 Å². The first-order valence-electron chi connectivity index (χ1n) is 4.86. The summed E-state index contributed by atoms with van der Waals surface area (Å²) in [4.78, 5) is 0. The predicted molar refractivity (Wildman–Crippen MR) is 65.5 cm³/mol. The van der Waals surface area contributed by atoms with Gasteiger partial charge in [-0.25, -0.2) is 0 Å². The summed E-state index contributed by atoms with van der Waals surface area (Å²) in [7, 11) is 0. The van der Waals surface area contributed by atoms with Crippen molar-refractivity contribution in [3.05, 3.63) is 28.8 Å². The summed E-state index contributed by atoms with van der Waals surface area (Å²) in [5.74, 6) is 2.46. The molecule has 1 atom stereocenters. The number of anilines is 1. The highest BCUT2D eigenvalue weighted by atomic mass is 35.5. The number of benzene rings is 1. The zero-order chi connectivity index (χ0) is 9.97. The van der Waals surface area contributed by atoms with Crippen molar-refractivity contribution in [1.82, 2.24) is 0 Å². The van der Waals surface area contributed by atoms with Gasteiger partial charge < -0.3 is 5.32 Å².